The minimum Gasteiger partial charge on any atom is -0.480 e. The lowest BCUT2D eigenvalue weighted by molar-refractivity contribution is -0.137. The molecule has 0 aliphatic heterocycles. The molecule has 20 heavy (non-hydrogen) atoms. The minimum absolute atomic E-state index is 0.0292. The van der Waals surface area contributed by atoms with Crippen LogP contribution in [0, 0.1) is 5.82 Å². The van der Waals surface area contributed by atoms with Crippen molar-refractivity contribution in [1.29, 1.82) is 0 Å². The molecule has 0 fully saturated rings. The van der Waals surface area contributed by atoms with Gasteiger partial charge in [0.2, 0.25) is 10.0 Å². The third-order valence-electron chi connectivity index (χ3n) is 2.39. The first kappa shape index (κ1) is 16.8. The van der Waals surface area contributed by atoms with Gasteiger partial charge in [0.15, 0.2) is 0 Å². The van der Waals surface area contributed by atoms with Gasteiger partial charge < -0.3 is 9.84 Å². The molecule has 0 bridgehead atoms. The first-order valence-electron chi connectivity index (χ1n) is 5.45. The number of carbonyl (C=O) groups is 1. The van der Waals surface area contributed by atoms with Gasteiger partial charge in [0, 0.05) is 13.7 Å². The maximum Gasteiger partial charge on any atom is 0.318 e. The average molecular weight is 326 g/mol. The zero-order chi connectivity index (χ0) is 15.3. The van der Waals surface area contributed by atoms with Crippen molar-refractivity contribution in [1.82, 2.24) is 4.31 Å². The Labute approximate surface area is 120 Å². The highest BCUT2D eigenvalue weighted by Gasteiger charge is 2.26. The summed E-state index contributed by atoms with van der Waals surface area (Å²) in [4.78, 5) is 10.5. The molecule has 0 amide bonds. The van der Waals surface area contributed by atoms with Crippen LogP contribution in [-0.4, -0.2) is 50.6 Å². The lowest BCUT2D eigenvalue weighted by Crippen LogP contribution is -2.38. The van der Waals surface area contributed by atoms with Gasteiger partial charge in [-0.05, 0) is 18.2 Å². The van der Waals surface area contributed by atoms with Crippen LogP contribution in [0.15, 0.2) is 23.1 Å². The van der Waals surface area contributed by atoms with Gasteiger partial charge in [-0.3, -0.25) is 4.79 Å². The van der Waals surface area contributed by atoms with Gasteiger partial charge in [0.1, 0.15) is 12.4 Å². The number of nitrogens with zero attached hydrogens (tertiary/aromatic N) is 1. The highest BCUT2D eigenvalue weighted by atomic mass is 35.5. The molecule has 112 valence electrons. The molecule has 0 unspecified atom stereocenters. The average Bonchev–Trinajstić information content (AvgIpc) is 2.37. The number of hydrogen-bond acceptors (Lipinski definition) is 4. The van der Waals surface area contributed by atoms with E-state index >= 15 is 0 Å². The van der Waals surface area contributed by atoms with Crippen molar-refractivity contribution >= 4 is 27.6 Å². The van der Waals surface area contributed by atoms with Crippen molar-refractivity contribution in [3.63, 3.8) is 0 Å². The maximum atomic E-state index is 13.0. The molecule has 0 spiro atoms. The molecule has 0 aromatic heterocycles. The van der Waals surface area contributed by atoms with Gasteiger partial charge in [-0.2, -0.15) is 4.31 Å². The Bertz CT molecular complexity index is 592. The summed E-state index contributed by atoms with van der Waals surface area (Å²) in [6.07, 6.45) is 0. The summed E-state index contributed by atoms with van der Waals surface area (Å²) in [6.45, 7) is -0.831. The Morgan fingerprint density at radius 3 is 2.65 bits per heavy atom. The van der Waals surface area contributed by atoms with Crippen molar-refractivity contribution < 1.29 is 27.4 Å². The number of carboxylic acids is 1. The van der Waals surface area contributed by atoms with Gasteiger partial charge in [-0.15, -0.1) is 0 Å². The van der Waals surface area contributed by atoms with E-state index in [1.165, 1.54) is 7.11 Å². The van der Waals surface area contributed by atoms with Crippen LogP contribution in [-0.2, 0) is 19.6 Å². The van der Waals surface area contributed by atoms with E-state index in [0.717, 1.165) is 22.5 Å². The first-order valence-corrected chi connectivity index (χ1v) is 7.26. The van der Waals surface area contributed by atoms with Crippen LogP contribution >= 0.6 is 11.6 Å². The zero-order valence-corrected chi connectivity index (χ0v) is 12.1. The monoisotopic (exact) mass is 325 g/mol. The smallest absolute Gasteiger partial charge is 0.318 e. The van der Waals surface area contributed by atoms with Crippen molar-refractivity contribution in [2.45, 2.75) is 4.90 Å². The molecular formula is C11H13ClFNO5S. The van der Waals surface area contributed by atoms with Crippen molar-refractivity contribution in [3.05, 3.63) is 29.0 Å². The molecule has 0 heterocycles. The molecular weight excluding hydrogens is 313 g/mol. The first-order chi connectivity index (χ1) is 9.28. The number of halogens is 2. The summed E-state index contributed by atoms with van der Waals surface area (Å²) in [7, 11) is -2.72. The van der Waals surface area contributed by atoms with E-state index < -0.39 is 28.4 Å². The number of hydrogen-bond donors (Lipinski definition) is 1. The van der Waals surface area contributed by atoms with E-state index in [1.807, 2.05) is 0 Å². The number of sulfonamides is 1. The molecule has 6 nitrogen and oxygen atoms in total. The molecule has 0 saturated carbocycles. The topological polar surface area (TPSA) is 83.9 Å². The van der Waals surface area contributed by atoms with Crippen LogP contribution in [0.2, 0.25) is 5.02 Å². The van der Waals surface area contributed by atoms with Crippen LogP contribution in [0.3, 0.4) is 0 Å². The highest BCUT2D eigenvalue weighted by molar-refractivity contribution is 7.89. The molecule has 1 rings (SSSR count). The van der Waals surface area contributed by atoms with Crippen molar-refractivity contribution in [3.8, 4) is 0 Å². The summed E-state index contributed by atoms with van der Waals surface area (Å²) in [5, 5.41) is 8.41. The predicted octanol–water partition coefficient (Wildman–Crippen LogP) is 1.20. The maximum absolute atomic E-state index is 13.0. The molecule has 9 heteroatoms. The van der Waals surface area contributed by atoms with E-state index in [9.17, 15) is 17.6 Å². The molecule has 1 N–H and O–H groups in total. The number of carboxylic acid groups (broad SMARTS) is 1. The molecule has 0 aliphatic rings. The van der Waals surface area contributed by atoms with Gasteiger partial charge in [-0.25, -0.2) is 12.8 Å². The highest BCUT2D eigenvalue weighted by Crippen LogP contribution is 2.22. The summed E-state index contributed by atoms with van der Waals surface area (Å²) in [5.41, 5.74) is 0. The Morgan fingerprint density at radius 1 is 1.50 bits per heavy atom. The zero-order valence-electron chi connectivity index (χ0n) is 10.5. The standard InChI is InChI=1S/C11H13ClFNO5S/c1-19-5-4-14(7-11(15)16)20(17,18)8-2-3-10(13)9(12)6-8/h2-3,6H,4-5,7H2,1H3,(H,15,16). The molecule has 1 aromatic carbocycles. The van der Waals surface area contributed by atoms with Crippen LogP contribution < -0.4 is 0 Å². The molecule has 0 radical (unpaired) electrons. The predicted molar refractivity (Wildman–Crippen MR) is 69.7 cm³/mol. The normalized spacial score (nSPS) is 11.8. The Morgan fingerprint density at radius 2 is 2.15 bits per heavy atom. The minimum atomic E-state index is -4.09. The summed E-state index contributed by atoms with van der Waals surface area (Å²) in [5.74, 6) is -2.06. The molecule has 0 aliphatic carbocycles. The molecule has 1 aromatic rings. The van der Waals surface area contributed by atoms with E-state index in [1.54, 1.807) is 0 Å². The fourth-order valence-corrected chi connectivity index (χ4v) is 3.06. The van der Waals surface area contributed by atoms with E-state index in [-0.39, 0.29) is 23.1 Å². The SMILES string of the molecule is COCCN(CC(=O)O)S(=O)(=O)c1ccc(F)c(Cl)c1. The Hall–Kier alpha value is -1.22. The molecule has 0 saturated heterocycles. The Balaban J connectivity index is 3.13. The van der Waals surface area contributed by atoms with Gasteiger partial charge in [-0.1, -0.05) is 11.6 Å². The largest absolute Gasteiger partial charge is 0.480 e. The number of methoxy groups -OCH3 is 1. The van der Waals surface area contributed by atoms with E-state index in [2.05, 4.69) is 0 Å². The van der Waals surface area contributed by atoms with Crippen LogP contribution in [0.25, 0.3) is 0 Å². The van der Waals surface area contributed by atoms with Crippen LogP contribution in [0.5, 0.6) is 0 Å². The van der Waals surface area contributed by atoms with E-state index in [4.69, 9.17) is 21.4 Å². The second-order valence-electron chi connectivity index (χ2n) is 3.80. The quantitative estimate of drug-likeness (QED) is 0.814. The Kier molecular flexibility index (Phi) is 5.88. The van der Waals surface area contributed by atoms with Gasteiger partial charge in [0.25, 0.3) is 0 Å². The summed E-state index contributed by atoms with van der Waals surface area (Å²) >= 11 is 5.54. The van der Waals surface area contributed by atoms with Crippen LogP contribution in [0.1, 0.15) is 0 Å². The number of aliphatic carboxylic acids is 1. The fraction of sp³-hybridized carbons (Fsp3) is 0.364. The van der Waals surface area contributed by atoms with Crippen molar-refractivity contribution in [2.75, 3.05) is 26.8 Å². The van der Waals surface area contributed by atoms with Crippen molar-refractivity contribution in [2.24, 2.45) is 0 Å². The number of rotatable bonds is 7. The fourth-order valence-electron chi connectivity index (χ4n) is 1.41. The summed E-state index contributed by atoms with van der Waals surface area (Å²) < 4.78 is 43.0. The van der Waals surface area contributed by atoms with Gasteiger partial charge in [0.05, 0.1) is 16.5 Å². The summed E-state index contributed by atoms with van der Waals surface area (Å²) in [6, 6.07) is 2.87. The van der Waals surface area contributed by atoms with E-state index in [0.29, 0.717) is 0 Å². The third kappa shape index (κ3) is 4.14. The lowest BCUT2D eigenvalue weighted by atomic mass is 10.3. The number of benzene rings is 1. The van der Waals surface area contributed by atoms with Crippen LogP contribution in [0.4, 0.5) is 4.39 Å². The lowest BCUT2D eigenvalue weighted by Gasteiger charge is -2.20. The second kappa shape index (κ2) is 6.98. The van der Waals surface area contributed by atoms with Gasteiger partial charge >= 0.3 is 5.97 Å². The molecule has 0 atom stereocenters. The second-order valence-corrected chi connectivity index (χ2v) is 6.15. The third-order valence-corrected chi connectivity index (χ3v) is 4.52. The number of ether oxygens (including phenoxy) is 1.